The Labute approximate surface area is 108 Å². The molecule has 1 aliphatic carbocycles. The molecular weight excluding hydrogens is 266 g/mol. The number of rotatable bonds is 7. The minimum Gasteiger partial charge on any atom is -0.356 e. The van der Waals surface area contributed by atoms with Gasteiger partial charge in [-0.1, -0.05) is 48.5 Å². The lowest BCUT2D eigenvalue weighted by Crippen LogP contribution is -2.30. The van der Waals surface area contributed by atoms with Gasteiger partial charge in [-0.25, -0.2) is 0 Å². The average Bonchev–Trinajstić information content (AvgIpc) is 2.67. The summed E-state index contributed by atoms with van der Waals surface area (Å²) in [7, 11) is 0. The third-order valence-corrected chi connectivity index (χ3v) is 4.59. The quantitative estimate of drug-likeness (QED) is 0.563. The second-order valence-corrected chi connectivity index (χ2v) is 6.00. The Kier molecular flexibility index (Phi) is 7.10. The first kappa shape index (κ1) is 14.0. The minimum atomic E-state index is 0.239. The molecule has 1 aliphatic rings. The van der Waals surface area contributed by atoms with Crippen molar-refractivity contribution in [3.8, 4) is 0 Å². The van der Waals surface area contributed by atoms with E-state index in [4.69, 9.17) is 0 Å². The summed E-state index contributed by atoms with van der Waals surface area (Å²) < 4.78 is 0. The van der Waals surface area contributed by atoms with Crippen LogP contribution in [0.25, 0.3) is 0 Å². The van der Waals surface area contributed by atoms with Gasteiger partial charge in [0.1, 0.15) is 0 Å². The summed E-state index contributed by atoms with van der Waals surface area (Å²) in [5.41, 5.74) is 0. The Morgan fingerprint density at radius 1 is 1.31 bits per heavy atom. The average molecular weight is 290 g/mol. The molecule has 0 heterocycles. The Morgan fingerprint density at radius 3 is 2.75 bits per heavy atom. The largest absolute Gasteiger partial charge is 0.356 e. The highest BCUT2D eigenvalue weighted by Gasteiger charge is 2.24. The monoisotopic (exact) mass is 289 g/mol. The lowest BCUT2D eigenvalue weighted by atomic mass is 10.1. The van der Waals surface area contributed by atoms with Crippen molar-refractivity contribution in [2.75, 3.05) is 6.54 Å². The van der Waals surface area contributed by atoms with Crippen LogP contribution in [0.2, 0.25) is 0 Å². The van der Waals surface area contributed by atoms with Gasteiger partial charge in [0.2, 0.25) is 5.91 Å². The standard InChI is InChI=1S/C13H24BrNO/c1-2-3-4-5-9-13(16)15-10-11-7-6-8-12(11)14/h11-12H,2-10H2,1H3,(H,15,16). The van der Waals surface area contributed by atoms with Crippen LogP contribution >= 0.6 is 15.9 Å². The van der Waals surface area contributed by atoms with Crippen LogP contribution in [0.3, 0.4) is 0 Å². The number of hydrogen-bond acceptors (Lipinski definition) is 1. The number of amides is 1. The van der Waals surface area contributed by atoms with Gasteiger partial charge in [0.25, 0.3) is 0 Å². The van der Waals surface area contributed by atoms with Crippen LogP contribution in [-0.4, -0.2) is 17.3 Å². The van der Waals surface area contributed by atoms with Gasteiger partial charge in [-0.3, -0.25) is 4.79 Å². The van der Waals surface area contributed by atoms with E-state index >= 15 is 0 Å². The molecule has 2 atom stereocenters. The second kappa shape index (κ2) is 8.10. The van der Waals surface area contributed by atoms with E-state index in [2.05, 4.69) is 28.2 Å². The Morgan fingerprint density at radius 2 is 2.12 bits per heavy atom. The molecule has 0 saturated heterocycles. The Bertz CT molecular complexity index is 208. The number of carbonyl (C=O) groups excluding carboxylic acids is 1. The van der Waals surface area contributed by atoms with Gasteiger partial charge in [-0.15, -0.1) is 0 Å². The summed E-state index contributed by atoms with van der Waals surface area (Å²) in [5.74, 6) is 0.891. The van der Waals surface area contributed by atoms with Crippen molar-refractivity contribution < 1.29 is 4.79 Å². The lowest BCUT2D eigenvalue weighted by Gasteiger charge is -2.14. The van der Waals surface area contributed by atoms with Crippen LogP contribution < -0.4 is 5.32 Å². The van der Waals surface area contributed by atoms with E-state index in [1.165, 1.54) is 38.5 Å². The maximum Gasteiger partial charge on any atom is 0.220 e. The molecule has 2 nitrogen and oxygen atoms in total. The van der Waals surface area contributed by atoms with Gasteiger partial charge in [-0.05, 0) is 25.2 Å². The lowest BCUT2D eigenvalue weighted by molar-refractivity contribution is -0.121. The number of carbonyl (C=O) groups is 1. The number of unbranched alkanes of at least 4 members (excludes halogenated alkanes) is 3. The predicted molar refractivity (Wildman–Crippen MR) is 71.8 cm³/mol. The first-order chi connectivity index (χ1) is 7.74. The fourth-order valence-electron chi connectivity index (χ4n) is 2.27. The molecule has 0 aromatic carbocycles. The zero-order valence-corrected chi connectivity index (χ0v) is 11.9. The van der Waals surface area contributed by atoms with Gasteiger partial charge < -0.3 is 5.32 Å². The molecule has 1 amide bonds. The molecule has 0 aromatic heterocycles. The molecule has 1 rings (SSSR count). The van der Waals surface area contributed by atoms with Crippen LogP contribution in [0.5, 0.6) is 0 Å². The molecule has 3 heteroatoms. The van der Waals surface area contributed by atoms with E-state index in [-0.39, 0.29) is 5.91 Å². The van der Waals surface area contributed by atoms with E-state index in [1.807, 2.05) is 0 Å². The molecule has 1 fully saturated rings. The first-order valence-corrected chi connectivity index (χ1v) is 7.56. The SMILES string of the molecule is CCCCCCC(=O)NCC1CCCC1Br. The van der Waals surface area contributed by atoms with Gasteiger partial charge in [-0.2, -0.15) is 0 Å². The summed E-state index contributed by atoms with van der Waals surface area (Å²) in [6.07, 6.45) is 9.24. The van der Waals surface area contributed by atoms with Crippen molar-refractivity contribution in [3.05, 3.63) is 0 Å². The number of hydrogen-bond donors (Lipinski definition) is 1. The Hall–Kier alpha value is -0.0500. The molecule has 0 radical (unpaired) electrons. The van der Waals surface area contributed by atoms with E-state index in [0.717, 1.165) is 13.0 Å². The van der Waals surface area contributed by atoms with Gasteiger partial charge in [0.15, 0.2) is 0 Å². The molecule has 94 valence electrons. The number of halogens is 1. The maximum atomic E-state index is 11.5. The van der Waals surface area contributed by atoms with Crippen LogP contribution in [-0.2, 0) is 4.79 Å². The topological polar surface area (TPSA) is 29.1 Å². The Balaban J connectivity index is 2.01. The zero-order chi connectivity index (χ0) is 11.8. The van der Waals surface area contributed by atoms with Crippen LogP contribution in [0.15, 0.2) is 0 Å². The summed E-state index contributed by atoms with van der Waals surface area (Å²) in [6.45, 7) is 3.05. The van der Waals surface area contributed by atoms with Crippen molar-refractivity contribution >= 4 is 21.8 Å². The van der Waals surface area contributed by atoms with E-state index in [1.54, 1.807) is 0 Å². The van der Waals surface area contributed by atoms with Gasteiger partial charge in [0.05, 0.1) is 0 Å². The van der Waals surface area contributed by atoms with E-state index < -0.39 is 0 Å². The molecular formula is C13H24BrNO. The highest BCUT2D eigenvalue weighted by Crippen LogP contribution is 2.30. The molecule has 1 saturated carbocycles. The second-order valence-electron chi connectivity index (χ2n) is 4.82. The normalized spacial score (nSPS) is 24.6. The summed E-state index contributed by atoms with van der Waals surface area (Å²) in [6, 6.07) is 0. The predicted octanol–water partition coefficient (Wildman–Crippen LogP) is 3.64. The molecule has 1 N–H and O–H groups in total. The maximum absolute atomic E-state index is 11.5. The molecule has 2 unspecified atom stereocenters. The molecule has 16 heavy (non-hydrogen) atoms. The van der Waals surface area contributed by atoms with Crippen LogP contribution in [0.4, 0.5) is 0 Å². The van der Waals surface area contributed by atoms with Gasteiger partial charge >= 0.3 is 0 Å². The summed E-state index contributed by atoms with van der Waals surface area (Å²) in [4.78, 5) is 12.2. The number of nitrogens with one attached hydrogen (secondary N) is 1. The fraction of sp³-hybridized carbons (Fsp3) is 0.923. The third kappa shape index (κ3) is 5.33. The van der Waals surface area contributed by atoms with E-state index in [9.17, 15) is 4.79 Å². The van der Waals surface area contributed by atoms with Crippen molar-refractivity contribution in [3.63, 3.8) is 0 Å². The van der Waals surface area contributed by atoms with Crippen molar-refractivity contribution in [2.45, 2.75) is 63.1 Å². The van der Waals surface area contributed by atoms with Crippen molar-refractivity contribution in [2.24, 2.45) is 5.92 Å². The molecule has 0 bridgehead atoms. The van der Waals surface area contributed by atoms with Crippen LogP contribution in [0, 0.1) is 5.92 Å². The molecule has 0 aliphatic heterocycles. The molecule has 0 aromatic rings. The van der Waals surface area contributed by atoms with E-state index in [0.29, 0.717) is 17.2 Å². The smallest absolute Gasteiger partial charge is 0.220 e. The fourth-order valence-corrected chi connectivity index (χ4v) is 3.04. The molecule has 0 spiro atoms. The van der Waals surface area contributed by atoms with Crippen molar-refractivity contribution in [1.82, 2.24) is 5.32 Å². The van der Waals surface area contributed by atoms with Gasteiger partial charge in [0, 0.05) is 17.8 Å². The highest BCUT2D eigenvalue weighted by atomic mass is 79.9. The highest BCUT2D eigenvalue weighted by molar-refractivity contribution is 9.09. The minimum absolute atomic E-state index is 0.239. The first-order valence-electron chi connectivity index (χ1n) is 6.64. The van der Waals surface area contributed by atoms with Crippen molar-refractivity contribution in [1.29, 1.82) is 0 Å². The summed E-state index contributed by atoms with van der Waals surface area (Å²) in [5, 5.41) is 3.06. The summed E-state index contributed by atoms with van der Waals surface area (Å²) >= 11 is 3.68. The third-order valence-electron chi connectivity index (χ3n) is 3.39. The zero-order valence-electron chi connectivity index (χ0n) is 10.3. The number of alkyl halides is 1. The van der Waals surface area contributed by atoms with Crippen LogP contribution in [0.1, 0.15) is 58.3 Å².